The van der Waals surface area contributed by atoms with Gasteiger partial charge >= 0.3 is 0 Å². The number of anilines is 1. The van der Waals surface area contributed by atoms with Gasteiger partial charge in [0.15, 0.2) is 0 Å². The van der Waals surface area contributed by atoms with Gasteiger partial charge in [0.2, 0.25) is 5.91 Å². The van der Waals surface area contributed by atoms with E-state index >= 15 is 0 Å². The van der Waals surface area contributed by atoms with Crippen LogP contribution in [0.2, 0.25) is 0 Å². The number of phenols is 1. The molecule has 1 aromatic carbocycles. The number of hydrogen-bond donors (Lipinski definition) is 2. The first-order chi connectivity index (χ1) is 11.0. The molecule has 23 heavy (non-hydrogen) atoms. The fraction of sp³-hybridized carbons (Fsp3) is 0.222. The molecule has 5 nitrogen and oxygen atoms in total. The third-order valence-electron chi connectivity index (χ3n) is 3.90. The Kier molecular flexibility index (Phi) is 3.78. The van der Waals surface area contributed by atoms with E-state index in [-0.39, 0.29) is 18.1 Å². The molecule has 5 heteroatoms. The Morgan fingerprint density at radius 1 is 1.26 bits per heavy atom. The number of phenolic OH excluding ortho intramolecular Hbond substituents is 1. The summed E-state index contributed by atoms with van der Waals surface area (Å²) >= 11 is 0. The number of imidazole rings is 1. The molecule has 2 heterocycles. The Bertz CT molecular complexity index is 897. The number of aromatic nitrogens is 2. The molecule has 0 spiro atoms. The summed E-state index contributed by atoms with van der Waals surface area (Å²) in [4.78, 5) is 16.9. The fourth-order valence-electron chi connectivity index (χ4n) is 2.67. The van der Waals surface area contributed by atoms with Crippen LogP contribution in [-0.2, 0) is 11.2 Å². The molecule has 0 aliphatic heterocycles. The topological polar surface area (TPSA) is 66.6 Å². The molecule has 0 bridgehead atoms. The van der Waals surface area contributed by atoms with Crippen LogP contribution in [0, 0.1) is 20.8 Å². The number of benzene rings is 1. The number of hydrogen-bond acceptors (Lipinski definition) is 3. The SMILES string of the molecule is Cc1ccc(NC(=O)Cc2c(C)nc3c(C)cccn23)c(O)c1. The van der Waals surface area contributed by atoms with Crippen molar-refractivity contribution in [3.05, 3.63) is 59.0 Å². The normalized spacial score (nSPS) is 10.9. The van der Waals surface area contributed by atoms with E-state index in [1.54, 1.807) is 12.1 Å². The maximum absolute atomic E-state index is 12.3. The van der Waals surface area contributed by atoms with Crippen LogP contribution < -0.4 is 5.32 Å². The summed E-state index contributed by atoms with van der Waals surface area (Å²) in [6, 6.07) is 9.11. The monoisotopic (exact) mass is 309 g/mol. The maximum Gasteiger partial charge on any atom is 0.230 e. The summed E-state index contributed by atoms with van der Waals surface area (Å²) < 4.78 is 1.94. The van der Waals surface area contributed by atoms with Crippen LogP contribution in [0.4, 0.5) is 5.69 Å². The average molecular weight is 309 g/mol. The van der Waals surface area contributed by atoms with Gasteiger partial charge in [0.25, 0.3) is 0 Å². The number of carbonyl (C=O) groups is 1. The van der Waals surface area contributed by atoms with Crippen molar-refractivity contribution in [2.45, 2.75) is 27.2 Å². The molecule has 0 aliphatic rings. The molecule has 0 saturated carbocycles. The van der Waals surface area contributed by atoms with E-state index in [1.165, 1.54) is 0 Å². The summed E-state index contributed by atoms with van der Waals surface area (Å²) in [7, 11) is 0. The molecule has 3 rings (SSSR count). The minimum Gasteiger partial charge on any atom is -0.506 e. The standard InChI is InChI=1S/C18H19N3O2/c1-11-6-7-14(16(22)9-11)20-17(23)10-15-13(3)19-18-12(2)5-4-8-21(15)18/h4-9,22H,10H2,1-3H3,(H,20,23). The number of nitrogens with one attached hydrogen (secondary N) is 1. The van der Waals surface area contributed by atoms with E-state index in [0.717, 1.165) is 28.2 Å². The Morgan fingerprint density at radius 3 is 2.78 bits per heavy atom. The zero-order valence-electron chi connectivity index (χ0n) is 13.4. The van der Waals surface area contributed by atoms with Gasteiger partial charge in [0.05, 0.1) is 23.5 Å². The molecule has 3 aromatic rings. The second-order valence-electron chi connectivity index (χ2n) is 5.77. The lowest BCUT2D eigenvalue weighted by Gasteiger charge is -2.08. The number of rotatable bonds is 3. The van der Waals surface area contributed by atoms with Crippen molar-refractivity contribution in [3.8, 4) is 5.75 Å². The van der Waals surface area contributed by atoms with Crippen molar-refractivity contribution in [1.29, 1.82) is 0 Å². The summed E-state index contributed by atoms with van der Waals surface area (Å²) in [5.74, 6) is -0.111. The van der Waals surface area contributed by atoms with Crippen LogP contribution in [0.1, 0.15) is 22.5 Å². The fourth-order valence-corrected chi connectivity index (χ4v) is 2.67. The molecule has 1 amide bonds. The molecule has 2 N–H and O–H groups in total. The predicted molar refractivity (Wildman–Crippen MR) is 89.8 cm³/mol. The van der Waals surface area contributed by atoms with Gasteiger partial charge < -0.3 is 14.8 Å². The van der Waals surface area contributed by atoms with Gasteiger partial charge in [-0.25, -0.2) is 4.98 Å². The van der Waals surface area contributed by atoms with Crippen molar-refractivity contribution < 1.29 is 9.90 Å². The van der Waals surface area contributed by atoms with Crippen LogP contribution in [-0.4, -0.2) is 20.4 Å². The van der Waals surface area contributed by atoms with Gasteiger partial charge in [-0.05, 0) is 50.1 Å². The quantitative estimate of drug-likeness (QED) is 0.730. The molecule has 0 radical (unpaired) electrons. The molecule has 0 aliphatic carbocycles. The number of aryl methyl sites for hydroxylation is 3. The van der Waals surface area contributed by atoms with Crippen LogP contribution >= 0.6 is 0 Å². The van der Waals surface area contributed by atoms with Crippen molar-refractivity contribution in [2.24, 2.45) is 0 Å². The van der Waals surface area contributed by atoms with E-state index in [2.05, 4.69) is 10.3 Å². The van der Waals surface area contributed by atoms with E-state index < -0.39 is 0 Å². The molecular weight excluding hydrogens is 290 g/mol. The van der Waals surface area contributed by atoms with Gasteiger partial charge in [0.1, 0.15) is 11.4 Å². The second-order valence-corrected chi connectivity index (χ2v) is 5.77. The summed E-state index contributed by atoms with van der Waals surface area (Å²) in [5, 5.41) is 12.6. The van der Waals surface area contributed by atoms with Gasteiger partial charge in [0, 0.05) is 6.20 Å². The van der Waals surface area contributed by atoms with Crippen molar-refractivity contribution in [1.82, 2.24) is 9.38 Å². The first-order valence-corrected chi connectivity index (χ1v) is 7.48. The van der Waals surface area contributed by atoms with Crippen LogP contribution in [0.5, 0.6) is 5.75 Å². The van der Waals surface area contributed by atoms with Crippen LogP contribution in [0.15, 0.2) is 36.5 Å². The lowest BCUT2D eigenvalue weighted by Crippen LogP contribution is -2.16. The zero-order chi connectivity index (χ0) is 16.6. The molecular formula is C18H19N3O2. The number of amides is 1. The summed E-state index contributed by atoms with van der Waals surface area (Å²) in [5.41, 5.74) is 4.98. The van der Waals surface area contributed by atoms with Crippen LogP contribution in [0.25, 0.3) is 5.65 Å². The Labute approximate surface area is 134 Å². The number of carbonyl (C=O) groups excluding carboxylic acids is 1. The highest BCUT2D eigenvalue weighted by molar-refractivity contribution is 5.93. The number of nitrogens with zero attached hydrogens (tertiary/aromatic N) is 2. The molecule has 2 aromatic heterocycles. The molecule has 0 fully saturated rings. The van der Waals surface area contributed by atoms with Gasteiger partial charge in [-0.1, -0.05) is 12.1 Å². The minimum atomic E-state index is -0.185. The van der Waals surface area contributed by atoms with E-state index in [1.807, 2.05) is 49.6 Å². The smallest absolute Gasteiger partial charge is 0.230 e. The second kappa shape index (κ2) is 5.76. The van der Waals surface area contributed by atoms with E-state index in [9.17, 15) is 9.90 Å². The van der Waals surface area contributed by atoms with E-state index in [4.69, 9.17) is 0 Å². The summed E-state index contributed by atoms with van der Waals surface area (Å²) in [6.45, 7) is 5.78. The van der Waals surface area contributed by atoms with Crippen LogP contribution in [0.3, 0.4) is 0 Å². The minimum absolute atomic E-state index is 0.0732. The molecule has 0 saturated heterocycles. The lowest BCUT2D eigenvalue weighted by atomic mass is 10.2. The molecule has 0 atom stereocenters. The number of fused-ring (bicyclic) bond motifs is 1. The molecule has 118 valence electrons. The number of aromatic hydroxyl groups is 1. The third-order valence-corrected chi connectivity index (χ3v) is 3.90. The van der Waals surface area contributed by atoms with Crippen molar-refractivity contribution >= 4 is 17.2 Å². The highest BCUT2D eigenvalue weighted by atomic mass is 16.3. The first-order valence-electron chi connectivity index (χ1n) is 7.48. The maximum atomic E-state index is 12.3. The van der Waals surface area contributed by atoms with Gasteiger partial charge in [-0.2, -0.15) is 0 Å². The predicted octanol–water partition coefficient (Wildman–Crippen LogP) is 3.15. The molecule has 0 unspecified atom stereocenters. The van der Waals surface area contributed by atoms with Gasteiger partial charge in [-0.15, -0.1) is 0 Å². The first kappa shape index (κ1) is 15.1. The Hall–Kier alpha value is -2.82. The average Bonchev–Trinajstić information content (AvgIpc) is 2.80. The summed E-state index contributed by atoms with van der Waals surface area (Å²) in [6.07, 6.45) is 2.11. The lowest BCUT2D eigenvalue weighted by molar-refractivity contribution is -0.115. The largest absolute Gasteiger partial charge is 0.506 e. The Balaban J connectivity index is 1.86. The Morgan fingerprint density at radius 2 is 2.04 bits per heavy atom. The number of pyridine rings is 1. The zero-order valence-corrected chi connectivity index (χ0v) is 13.4. The van der Waals surface area contributed by atoms with E-state index in [0.29, 0.717) is 5.69 Å². The highest BCUT2D eigenvalue weighted by Crippen LogP contribution is 2.24. The highest BCUT2D eigenvalue weighted by Gasteiger charge is 2.14. The van der Waals surface area contributed by atoms with Crippen molar-refractivity contribution in [3.63, 3.8) is 0 Å². The van der Waals surface area contributed by atoms with Crippen molar-refractivity contribution in [2.75, 3.05) is 5.32 Å². The third kappa shape index (κ3) is 2.90. The van der Waals surface area contributed by atoms with Gasteiger partial charge in [-0.3, -0.25) is 4.79 Å².